The number of ether oxygens (including phenoxy) is 3. The molecule has 0 amide bonds. The quantitative estimate of drug-likeness (QED) is 0.200. The van der Waals surface area contributed by atoms with Crippen LogP contribution in [0.4, 0.5) is 0 Å². The van der Waals surface area contributed by atoms with E-state index in [1.165, 1.54) is 25.4 Å². The first-order valence-electron chi connectivity index (χ1n) is 8.49. The van der Waals surface area contributed by atoms with Gasteiger partial charge < -0.3 is 30.2 Å². The number of aliphatic hydroxyl groups excluding tert-OH is 2. The van der Waals surface area contributed by atoms with E-state index in [0.29, 0.717) is 0 Å². The summed E-state index contributed by atoms with van der Waals surface area (Å²) < 4.78 is 16.8. The van der Waals surface area contributed by atoms with Crippen molar-refractivity contribution in [1.29, 1.82) is 5.41 Å². The highest BCUT2D eigenvalue weighted by Crippen LogP contribution is 2.29. The van der Waals surface area contributed by atoms with Gasteiger partial charge in [0.15, 0.2) is 12.1 Å². The van der Waals surface area contributed by atoms with Crippen LogP contribution < -0.4 is 10.5 Å². The van der Waals surface area contributed by atoms with E-state index in [0.717, 1.165) is 4.68 Å². The number of carbonyl (C=O) groups is 2. The molecule has 1 fully saturated rings. The molecular formula is C17H19N5O7. The van der Waals surface area contributed by atoms with Crippen LogP contribution in [0.3, 0.4) is 0 Å². The van der Waals surface area contributed by atoms with Gasteiger partial charge in [-0.1, -0.05) is 12.1 Å². The van der Waals surface area contributed by atoms with E-state index >= 15 is 0 Å². The lowest BCUT2D eigenvalue weighted by atomic mass is 10.1. The molecule has 0 bridgehead atoms. The van der Waals surface area contributed by atoms with Gasteiger partial charge in [-0.25, -0.2) is 14.5 Å². The van der Waals surface area contributed by atoms with Gasteiger partial charge in [0.2, 0.25) is 5.82 Å². The second kappa shape index (κ2) is 8.34. The number of aromatic nitrogens is 3. The Balaban J connectivity index is 1.66. The molecule has 3 rings (SSSR count). The van der Waals surface area contributed by atoms with E-state index in [4.69, 9.17) is 25.4 Å². The SMILES string of the molecule is CC(=O)Oc1ccccc1C(=O)OCC1OC(n2cnc(C(=N)N)n2)C(O)C1O. The predicted octanol–water partition coefficient (Wildman–Crippen LogP) is -1.04. The lowest BCUT2D eigenvalue weighted by Gasteiger charge is -2.15. The standard InChI is InChI=1S/C17H19N5O7/c1-8(23)28-10-5-3-2-4-9(10)17(26)27-6-11-12(24)13(25)16(29-11)22-7-20-15(21-22)14(18)19/h2-5,7,11-13,16,24-25H,6H2,1H3,(H3,18,19). The van der Waals surface area contributed by atoms with Gasteiger partial charge >= 0.3 is 11.9 Å². The summed E-state index contributed by atoms with van der Waals surface area (Å²) in [4.78, 5) is 27.3. The van der Waals surface area contributed by atoms with Gasteiger partial charge in [-0.2, -0.15) is 0 Å². The molecule has 29 heavy (non-hydrogen) atoms. The van der Waals surface area contributed by atoms with Crippen LogP contribution in [-0.2, 0) is 14.3 Å². The number of para-hydroxylation sites is 1. The lowest BCUT2D eigenvalue weighted by Crippen LogP contribution is -2.34. The van der Waals surface area contributed by atoms with Gasteiger partial charge in [0.25, 0.3) is 0 Å². The molecule has 0 aliphatic carbocycles. The molecule has 0 saturated carbocycles. The highest BCUT2D eigenvalue weighted by molar-refractivity contribution is 5.93. The molecule has 1 saturated heterocycles. The van der Waals surface area contributed by atoms with E-state index in [1.54, 1.807) is 12.1 Å². The summed E-state index contributed by atoms with van der Waals surface area (Å²) in [5.74, 6) is -1.78. The van der Waals surface area contributed by atoms with Gasteiger partial charge in [-0.05, 0) is 12.1 Å². The molecule has 1 aromatic carbocycles. The Hall–Kier alpha value is -3.35. The van der Waals surface area contributed by atoms with Crippen molar-refractivity contribution in [3.8, 4) is 5.75 Å². The van der Waals surface area contributed by atoms with Gasteiger partial charge in [0.1, 0.15) is 42.6 Å². The molecule has 1 aliphatic rings. The van der Waals surface area contributed by atoms with E-state index in [-0.39, 0.29) is 29.6 Å². The smallest absolute Gasteiger partial charge is 0.342 e. The molecule has 2 aromatic rings. The van der Waals surface area contributed by atoms with Gasteiger partial charge in [0, 0.05) is 6.92 Å². The Morgan fingerprint density at radius 2 is 2.03 bits per heavy atom. The first kappa shape index (κ1) is 20.4. The number of aliphatic hydroxyl groups is 2. The molecule has 2 heterocycles. The van der Waals surface area contributed by atoms with Crippen molar-refractivity contribution in [2.24, 2.45) is 5.73 Å². The first-order valence-corrected chi connectivity index (χ1v) is 8.49. The van der Waals surface area contributed by atoms with Crippen molar-refractivity contribution in [2.75, 3.05) is 6.61 Å². The Morgan fingerprint density at radius 1 is 1.31 bits per heavy atom. The minimum absolute atomic E-state index is 0.0228. The number of rotatable bonds is 6. The number of carbonyl (C=O) groups excluding carboxylic acids is 2. The fourth-order valence-electron chi connectivity index (χ4n) is 2.72. The molecule has 12 heteroatoms. The number of nitrogens with zero attached hydrogens (tertiary/aromatic N) is 3. The van der Waals surface area contributed by atoms with Crippen LogP contribution in [-0.4, -0.2) is 67.7 Å². The van der Waals surface area contributed by atoms with Crippen molar-refractivity contribution in [2.45, 2.75) is 31.5 Å². The Labute approximate surface area is 164 Å². The molecule has 0 spiro atoms. The zero-order valence-electron chi connectivity index (χ0n) is 15.3. The van der Waals surface area contributed by atoms with Crippen LogP contribution in [0.1, 0.15) is 29.3 Å². The number of benzene rings is 1. The largest absolute Gasteiger partial charge is 0.459 e. The van der Waals surface area contributed by atoms with E-state index in [2.05, 4.69) is 10.1 Å². The maximum absolute atomic E-state index is 12.3. The van der Waals surface area contributed by atoms with Crippen LogP contribution in [0.2, 0.25) is 0 Å². The summed E-state index contributed by atoms with van der Waals surface area (Å²) in [6.07, 6.45) is -3.72. The molecule has 12 nitrogen and oxygen atoms in total. The highest BCUT2D eigenvalue weighted by Gasteiger charge is 2.45. The van der Waals surface area contributed by atoms with Crippen LogP contribution in [0.25, 0.3) is 0 Å². The zero-order chi connectivity index (χ0) is 21.1. The lowest BCUT2D eigenvalue weighted by molar-refractivity contribution is -0.131. The zero-order valence-corrected chi connectivity index (χ0v) is 15.3. The number of esters is 2. The minimum Gasteiger partial charge on any atom is -0.459 e. The normalized spacial score (nSPS) is 23.6. The summed E-state index contributed by atoms with van der Waals surface area (Å²) in [7, 11) is 0. The Bertz CT molecular complexity index is 930. The van der Waals surface area contributed by atoms with Crippen molar-refractivity contribution in [1.82, 2.24) is 14.8 Å². The van der Waals surface area contributed by atoms with E-state index in [9.17, 15) is 19.8 Å². The summed E-state index contributed by atoms with van der Waals surface area (Å²) in [5, 5.41) is 31.6. The second-order valence-electron chi connectivity index (χ2n) is 6.20. The van der Waals surface area contributed by atoms with Gasteiger partial charge in [-0.15, -0.1) is 5.10 Å². The summed E-state index contributed by atoms with van der Waals surface area (Å²) in [6.45, 7) is 0.824. The van der Waals surface area contributed by atoms with Crippen LogP contribution in [0.15, 0.2) is 30.6 Å². The van der Waals surface area contributed by atoms with Crippen LogP contribution in [0, 0.1) is 5.41 Å². The third-order valence-corrected chi connectivity index (χ3v) is 4.09. The fraction of sp³-hybridized carbons (Fsp3) is 0.353. The average molecular weight is 405 g/mol. The molecular weight excluding hydrogens is 386 g/mol. The van der Waals surface area contributed by atoms with Crippen molar-refractivity contribution >= 4 is 17.8 Å². The Morgan fingerprint density at radius 3 is 2.69 bits per heavy atom. The second-order valence-corrected chi connectivity index (χ2v) is 6.20. The maximum Gasteiger partial charge on any atom is 0.342 e. The van der Waals surface area contributed by atoms with Crippen LogP contribution >= 0.6 is 0 Å². The average Bonchev–Trinajstić information content (AvgIpc) is 3.26. The highest BCUT2D eigenvalue weighted by atomic mass is 16.6. The molecule has 1 aliphatic heterocycles. The number of hydrogen-bond donors (Lipinski definition) is 4. The number of nitrogens with one attached hydrogen (secondary N) is 1. The van der Waals surface area contributed by atoms with Crippen molar-refractivity contribution in [3.05, 3.63) is 42.0 Å². The summed E-state index contributed by atoms with van der Waals surface area (Å²) in [5.41, 5.74) is 5.32. The fourth-order valence-corrected chi connectivity index (χ4v) is 2.72. The van der Waals surface area contributed by atoms with Gasteiger partial charge in [-0.3, -0.25) is 10.2 Å². The van der Waals surface area contributed by atoms with Crippen LogP contribution in [0.5, 0.6) is 5.75 Å². The number of amidine groups is 1. The molecule has 4 unspecified atom stereocenters. The monoisotopic (exact) mass is 405 g/mol. The van der Waals surface area contributed by atoms with Crippen molar-refractivity contribution in [3.63, 3.8) is 0 Å². The van der Waals surface area contributed by atoms with Crippen molar-refractivity contribution < 1.29 is 34.0 Å². The summed E-state index contributed by atoms with van der Waals surface area (Å²) in [6, 6.07) is 6.02. The molecule has 0 radical (unpaired) electrons. The van der Waals surface area contributed by atoms with E-state index in [1.807, 2.05) is 0 Å². The Kier molecular flexibility index (Phi) is 5.87. The minimum atomic E-state index is -1.38. The third-order valence-electron chi connectivity index (χ3n) is 4.09. The predicted molar refractivity (Wildman–Crippen MR) is 95.0 cm³/mol. The maximum atomic E-state index is 12.3. The topological polar surface area (TPSA) is 183 Å². The number of nitrogen functional groups attached to an aromatic ring is 1. The first-order chi connectivity index (χ1) is 13.8. The molecule has 1 aromatic heterocycles. The molecule has 4 atom stereocenters. The van der Waals surface area contributed by atoms with Gasteiger partial charge in [0.05, 0.1) is 0 Å². The summed E-state index contributed by atoms with van der Waals surface area (Å²) >= 11 is 0. The number of hydrogen-bond acceptors (Lipinski definition) is 10. The third kappa shape index (κ3) is 4.39. The molecule has 5 N–H and O–H groups in total. The number of nitrogens with two attached hydrogens (primary N) is 1. The van der Waals surface area contributed by atoms with E-state index < -0.39 is 36.5 Å². The molecule has 154 valence electrons.